The van der Waals surface area contributed by atoms with Crippen LogP contribution in [0.25, 0.3) is 17.0 Å². The topological polar surface area (TPSA) is 120 Å². The summed E-state index contributed by atoms with van der Waals surface area (Å²) in [5.41, 5.74) is 1.78. The van der Waals surface area contributed by atoms with Crippen LogP contribution in [0.5, 0.6) is 0 Å². The van der Waals surface area contributed by atoms with Crippen LogP contribution in [0.1, 0.15) is 132 Å². The molecule has 9 nitrogen and oxygen atoms in total. The van der Waals surface area contributed by atoms with Crippen LogP contribution in [0.4, 0.5) is 0 Å². The molecule has 326 valence electrons. The maximum atomic E-state index is 15.2. The molecule has 10 atom stereocenters. The highest BCUT2D eigenvalue weighted by molar-refractivity contribution is 5.93. The number of aromatic amines is 1. The number of allylic oxidation sites excluding steroid dienone is 1. The van der Waals surface area contributed by atoms with Crippen molar-refractivity contribution in [3.8, 4) is 0 Å². The van der Waals surface area contributed by atoms with Crippen LogP contribution in [-0.4, -0.2) is 75.9 Å². The van der Waals surface area contributed by atoms with Crippen LogP contribution < -0.4 is 0 Å². The summed E-state index contributed by atoms with van der Waals surface area (Å²) in [6, 6.07) is 8.17. The number of benzene rings is 1. The number of carboxylic acid groups (broad SMARTS) is 1. The number of carbonyl (C=O) groups is 4. The van der Waals surface area contributed by atoms with Crippen molar-refractivity contribution in [1.82, 2.24) is 14.8 Å². The van der Waals surface area contributed by atoms with Gasteiger partial charge in [0.25, 0.3) is 0 Å². The zero-order valence-corrected chi connectivity index (χ0v) is 37.7. The van der Waals surface area contributed by atoms with E-state index in [0.717, 1.165) is 80.7 Å². The third-order valence-electron chi connectivity index (χ3n) is 18.7. The summed E-state index contributed by atoms with van der Waals surface area (Å²) in [5, 5.41) is 10.8. The smallest absolute Gasteiger partial charge is 0.309 e. The number of aliphatic carboxylic acids is 1. The SMILES string of the molecule is C=C(C)[C@@H]1CC[C@]2(C(=O)N3CCN(C(=O)/C=C/c4ccc5[nH]ccc5c4)CC3)CC[C@]3(C)[C@H](CC[C@@H]4[C@@]5(C)CC[C@H](OC(=O)CC(C)(C)C(=O)O)C(C)(C)[C@@H]5CC[C@]43C)[C@@H]12. The van der Waals surface area contributed by atoms with E-state index in [1.54, 1.807) is 19.9 Å². The minimum Gasteiger partial charge on any atom is -0.481 e. The van der Waals surface area contributed by atoms with Crippen LogP contribution >= 0.6 is 0 Å². The number of fused-ring (bicyclic) bond motifs is 8. The fraction of sp³-hybridized carbons (Fsp3) is 0.686. The maximum Gasteiger partial charge on any atom is 0.309 e. The molecule has 1 aromatic carbocycles. The first-order valence-electron chi connectivity index (χ1n) is 23.1. The first kappa shape index (κ1) is 42.8. The summed E-state index contributed by atoms with van der Waals surface area (Å²) in [5.74, 6) is 0.867. The highest BCUT2D eigenvalue weighted by Crippen LogP contribution is 2.77. The van der Waals surface area contributed by atoms with Gasteiger partial charge >= 0.3 is 11.9 Å². The van der Waals surface area contributed by atoms with Gasteiger partial charge in [-0.2, -0.15) is 0 Å². The highest BCUT2D eigenvalue weighted by Gasteiger charge is 2.72. The van der Waals surface area contributed by atoms with Gasteiger partial charge in [0, 0.05) is 49.4 Å². The predicted octanol–water partition coefficient (Wildman–Crippen LogP) is 9.92. The summed E-state index contributed by atoms with van der Waals surface area (Å²) < 4.78 is 6.20. The van der Waals surface area contributed by atoms with E-state index >= 15 is 4.79 Å². The zero-order chi connectivity index (χ0) is 43.2. The number of carbonyl (C=O) groups excluding carboxylic acids is 3. The molecular weight excluding hydrogens is 751 g/mol. The summed E-state index contributed by atoms with van der Waals surface area (Å²) in [6.45, 7) is 24.5. The van der Waals surface area contributed by atoms with Crippen molar-refractivity contribution in [2.45, 2.75) is 132 Å². The number of nitrogens with one attached hydrogen (secondary N) is 1. The van der Waals surface area contributed by atoms with Gasteiger partial charge in [-0.15, -0.1) is 0 Å². The van der Waals surface area contributed by atoms with Gasteiger partial charge in [0.2, 0.25) is 11.8 Å². The Hall–Kier alpha value is -3.88. The molecule has 9 heteroatoms. The van der Waals surface area contributed by atoms with Crippen LogP contribution in [0, 0.1) is 62.1 Å². The monoisotopic (exact) mass is 822 g/mol. The first-order chi connectivity index (χ1) is 28.2. The molecule has 60 heavy (non-hydrogen) atoms. The Morgan fingerprint density at radius 3 is 2.28 bits per heavy atom. The summed E-state index contributed by atoms with van der Waals surface area (Å²) in [4.78, 5) is 60.7. The molecule has 0 spiro atoms. The van der Waals surface area contributed by atoms with Gasteiger partial charge < -0.3 is 24.6 Å². The van der Waals surface area contributed by atoms with E-state index in [1.165, 1.54) is 5.57 Å². The number of H-pyrrole nitrogens is 1. The summed E-state index contributed by atoms with van der Waals surface area (Å²) in [7, 11) is 0. The molecule has 0 radical (unpaired) electrons. The molecule has 2 amide bonds. The Kier molecular flexibility index (Phi) is 10.6. The zero-order valence-electron chi connectivity index (χ0n) is 37.7. The molecule has 2 aromatic rings. The van der Waals surface area contributed by atoms with E-state index in [4.69, 9.17) is 4.74 Å². The minimum atomic E-state index is -1.16. The third-order valence-corrected chi connectivity index (χ3v) is 18.7. The number of ether oxygens (including phenoxy) is 1. The van der Waals surface area contributed by atoms with E-state index in [9.17, 15) is 19.5 Å². The van der Waals surface area contributed by atoms with Gasteiger partial charge in [0.15, 0.2) is 0 Å². The molecule has 2 N–H and O–H groups in total. The molecule has 5 aliphatic carbocycles. The summed E-state index contributed by atoms with van der Waals surface area (Å²) in [6.07, 6.45) is 15.3. The van der Waals surface area contributed by atoms with Crippen LogP contribution in [0.15, 0.2) is 48.7 Å². The van der Waals surface area contributed by atoms with Crippen molar-refractivity contribution in [3.63, 3.8) is 0 Å². The van der Waals surface area contributed by atoms with Gasteiger partial charge in [0.05, 0.1) is 17.3 Å². The molecule has 8 rings (SSSR count). The number of esters is 1. The molecule has 1 aromatic heterocycles. The van der Waals surface area contributed by atoms with Crippen LogP contribution in [0.3, 0.4) is 0 Å². The molecule has 5 saturated carbocycles. The molecule has 0 bridgehead atoms. The fourth-order valence-corrected chi connectivity index (χ4v) is 15.2. The third kappa shape index (κ3) is 6.60. The number of piperazine rings is 1. The van der Waals surface area contributed by atoms with Gasteiger partial charge in [-0.1, -0.05) is 52.8 Å². The van der Waals surface area contributed by atoms with E-state index in [1.807, 2.05) is 35.4 Å². The number of nitrogens with zero attached hydrogens (tertiary/aromatic N) is 2. The van der Waals surface area contributed by atoms with Crippen molar-refractivity contribution in [2.24, 2.45) is 62.1 Å². The number of rotatable bonds is 8. The normalized spacial score (nSPS) is 37.5. The Labute approximate surface area is 358 Å². The standard InChI is InChI=1S/C51H71N3O6/c1-32(2)35-16-22-51(44(57)54-28-26-53(27-29-54)41(55)15-11-33-10-13-37-34(30-33)19-25-52-37)24-23-49(8)36(43(35)51)12-14-39-48(7)20-18-40(60-42(56)31-46(3,4)45(58)59)47(5,6)38(48)17-21-50(39,49)9/h10-11,13,15,19,25,30,35-36,38-40,43,52H,1,12,14,16-18,20-24,26-29,31H2,2-9H3,(H,58,59)/b15-11+/t35-,36+,38-,39+,40-,43+,48-,49+,50+,51-/m0/s1. The number of amides is 2. The van der Waals surface area contributed by atoms with E-state index in [2.05, 4.69) is 64.1 Å². The maximum absolute atomic E-state index is 15.2. The lowest BCUT2D eigenvalue weighted by Crippen LogP contribution is -2.68. The molecular formula is C51H71N3O6. The average molecular weight is 822 g/mol. The van der Waals surface area contributed by atoms with Crippen molar-refractivity contribution in [2.75, 3.05) is 26.2 Å². The van der Waals surface area contributed by atoms with Crippen LogP contribution in [-0.2, 0) is 23.9 Å². The Morgan fingerprint density at radius 2 is 1.58 bits per heavy atom. The van der Waals surface area contributed by atoms with Crippen molar-refractivity contribution < 1.29 is 29.0 Å². The van der Waals surface area contributed by atoms with Gasteiger partial charge in [0.1, 0.15) is 6.10 Å². The van der Waals surface area contributed by atoms with Crippen molar-refractivity contribution in [3.05, 3.63) is 54.3 Å². The molecule has 6 aliphatic rings. The number of carboxylic acids is 1. The Morgan fingerprint density at radius 1 is 0.867 bits per heavy atom. The highest BCUT2D eigenvalue weighted by atomic mass is 16.5. The number of aromatic nitrogens is 1. The largest absolute Gasteiger partial charge is 0.481 e. The second-order valence-corrected chi connectivity index (χ2v) is 22.3. The molecule has 6 fully saturated rings. The van der Waals surface area contributed by atoms with E-state index in [-0.39, 0.29) is 51.4 Å². The van der Waals surface area contributed by atoms with Crippen molar-refractivity contribution >= 4 is 40.7 Å². The molecule has 0 unspecified atom stereocenters. The van der Waals surface area contributed by atoms with Crippen molar-refractivity contribution in [1.29, 1.82) is 0 Å². The average Bonchev–Trinajstić information content (AvgIpc) is 3.83. The van der Waals surface area contributed by atoms with Gasteiger partial charge in [-0.05, 0) is 166 Å². The van der Waals surface area contributed by atoms with Crippen LogP contribution in [0.2, 0.25) is 0 Å². The van der Waals surface area contributed by atoms with Gasteiger partial charge in [-0.3, -0.25) is 19.2 Å². The Balaban J connectivity index is 0.977. The molecule has 1 saturated heterocycles. The minimum absolute atomic E-state index is 0.00459. The first-order valence-corrected chi connectivity index (χ1v) is 23.1. The Bertz CT molecular complexity index is 2090. The lowest BCUT2D eigenvalue weighted by molar-refractivity contribution is -0.250. The van der Waals surface area contributed by atoms with Gasteiger partial charge in [-0.25, -0.2) is 0 Å². The fourth-order valence-electron chi connectivity index (χ4n) is 15.2. The quantitative estimate of drug-likeness (QED) is 0.156. The number of hydrogen-bond acceptors (Lipinski definition) is 5. The number of hydrogen-bond donors (Lipinski definition) is 2. The molecule has 1 aliphatic heterocycles. The van der Waals surface area contributed by atoms with E-state index < -0.39 is 17.4 Å². The van der Waals surface area contributed by atoms with E-state index in [0.29, 0.717) is 55.8 Å². The summed E-state index contributed by atoms with van der Waals surface area (Å²) >= 11 is 0. The second-order valence-electron chi connectivity index (χ2n) is 22.3. The molecule has 2 heterocycles. The lowest BCUT2D eigenvalue weighted by atomic mass is 9.32. The second kappa shape index (κ2) is 14.9. The predicted molar refractivity (Wildman–Crippen MR) is 235 cm³/mol. The lowest BCUT2D eigenvalue weighted by Gasteiger charge is -2.73.